The molecule has 3 aromatic rings. The molecule has 0 fully saturated rings. The van der Waals surface area contributed by atoms with Crippen LogP contribution < -0.4 is 5.32 Å². The van der Waals surface area contributed by atoms with Gasteiger partial charge in [0.1, 0.15) is 0 Å². The van der Waals surface area contributed by atoms with Gasteiger partial charge in [-0.15, -0.1) is 0 Å². The first-order valence-corrected chi connectivity index (χ1v) is 7.01. The van der Waals surface area contributed by atoms with Crippen molar-refractivity contribution >= 4 is 17.5 Å². The summed E-state index contributed by atoms with van der Waals surface area (Å²) in [6.07, 6.45) is 1.91. The van der Waals surface area contributed by atoms with Crippen molar-refractivity contribution in [1.29, 1.82) is 0 Å². The lowest BCUT2D eigenvalue weighted by molar-refractivity contribution is 1.52. The van der Waals surface area contributed by atoms with Crippen LogP contribution in [0.2, 0.25) is 0 Å². The third kappa shape index (κ3) is 2.87. The molecule has 0 radical (unpaired) electrons. The van der Waals surface area contributed by atoms with Gasteiger partial charge >= 0.3 is 0 Å². The van der Waals surface area contributed by atoms with E-state index in [1.165, 1.54) is 11.1 Å². The highest BCUT2D eigenvalue weighted by Crippen LogP contribution is 2.31. The zero-order valence-electron chi connectivity index (χ0n) is 11.8. The summed E-state index contributed by atoms with van der Waals surface area (Å²) in [5.41, 5.74) is 5.64. The van der Waals surface area contributed by atoms with Crippen molar-refractivity contribution in [3.63, 3.8) is 0 Å². The van der Waals surface area contributed by atoms with Crippen LogP contribution in [0.25, 0.3) is 17.2 Å². The number of hydrogen-bond donors (Lipinski definition) is 1. The maximum atomic E-state index is 3.98. The minimum absolute atomic E-state index is 1.07. The second-order valence-corrected chi connectivity index (χ2v) is 4.83. The molecule has 1 nitrogen and oxygen atoms in total. The van der Waals surface area contributed by atoms with Crippen molar-refractivity contribution in [2.75, 3.05) is 5.32 Å². The molecule has 102 valence electrons. The maximum absolute atomic E-state index is 3.98. The normalized spacial score (nSPS) is 10.1. The minimum Gasteiger partial charge on any atom is -0.355 e. The Morgan fingerprint density at radius 3 is 2.05 bits per heavy atom. The van der Waals surface area contributed by atoms with E-state index >= 15 is 0 Å². The molecule has 0 aliphatic carbocycles. The fraction of sp³-hybridized carbons (Fsp3) is 0. The first-order valence-electron chi connectivity index (χ1n) is 7.01. The predicted octanol–water partition coefficient (Wildman–Crippen LogP) is 5.74. The summed E-state index contributed by atoms with van der Waals surface area (Å²) in [5, 5.41) is 3.46. The second-order valence-electron chi connectivity index (χ2n) is 4.83. The predicted molar refractivity (Wildman–Crippen MR) is 91.7 cm³/mol. The van der Waals surface area contributed by atoms with Crippen LogP contribution in [0.4, 0.5) is 11.4 Å². The van der Waals surface area contributed by atoms with Gasteiger partial charge in [0, 0.05) is 16.9 Å². The molecule has 0 heterocycles. The Bertz CT molecular complexity index is 730. The first kappa shape index (κ1) is 13.2. The lowest BCUT2D eigenvalue weighted by atomic mass is 9.98. The molecular formula is C20H17N. The van der Waals surface area contributed by atoms with Crippen LogP contribution in [-0.4, -0.2) is 0 Å². The molecule has 3 rings (SSSR count). The lowest BCUT2D eigenvalue weighted by Gasteiger charge is -2.14. The van der Waals surface area contributed by atoms with Crippen molar-refractivity contribution in [2.45, 2.75) is 0 Å². The third-order valence-electron chi connectivity index (χ3n) is 3.45. The number of rotatable bonds is 4. The second kappa shape index (κ2) is 6.10. The largest absolute Gasteiger partial charge is 0.355 e. The topological polar surface area (TPSA) is 12.0 Å². The number of benzene rings is 3. The van der Waals surface area contributed by atoms with Gasteiger partial charge in [-0.2, -0.15) is 0 Å². The highest BCUT2D eigenvalue weighted by atomic mass is 14.9. The molecule has 1 N–H and O–H groups in total. The standard InChI is InChI=1S/C20H17N/c1-2-18-19(16-10-5-3-6-11-16)14-9-15-20(18)21-17-12-7-4-8-13-17/h2-15,21H,1H2. The fourth-order valence-corrected chi connectivity index (χ4v) is 2.44. The Kier molecular flexibility index (Phi) is 3.83. The van der Waals surface area contributed by atoms with Crippen molar-refractivity contribution < 1.29 is 0 Å². The van der Waals surface area contributed by atoms with Crippen LogP contribution in [0.1, 0.15) is 5.56 Å². The van der Waals surface area contributed by atoms with E-state index in [2.05, 4.69) is 66.5 Å². The highest BCUT2D eigenvalue weighted by molar-refractivity contribution is 5.84. The average molecular weight is 271 g/mol. The van der Waals surface area contributed by atoms with Crippen LogP contribution >= 0.6 is 0 Å². The molecule has 0 saturated carbocycles. The van der Waals surface area contributed by atoms with Crippen molar-refractivity contribution in [2.24, 2.45) is 0 Å². The maximum Gasteiger partial charge on any atom is 0.0463 e. The van der Waals surface area contributed by atoms with Gasteiger partial charge in [0.15, 0.2) is 0 Å². The first-order chi connectivity index (χ1) is 10.4. The summed E-state index contributed by atoms with van der Waals surface area (Å²) in [4.78, 5) is 0. The Balaban J connectivity index is 2.04. The van der Waals surface area contributed by atoms with Gasteiger partial charge in [-0.1, -0.05) is 73.3 Å². The van der Waals surface area contributed by atoms with Gasteiger partial charge < -0.3 is 5.32 Å². The van der Waals surface area contributed by atoms with E-state index in [-0.39, 0.29) is 0 Å². The van der Waals surface area contributed by atoms with Gasteiger partial charge in [-0.25, -0.2) is 0 Å². The van der Waals surface area contributed by atoms with E-state index < -0.39 is 0 Å². The molecule has 0 atom stereocenters. The summed E-state index contributed by atoms with van der Waals surface area (Å²) in [7, 11) is 0. The van der Waals surface area contributed by atoms with Crippen molar-refractivity contribution in [3.8, 4) is 11.1 Å². The number of nitrogens with one attached hydrogen (secondary N) is 1. The van der Waals surface area contributed by atoms with Gasteiger partial charge in [-0.3, -0.25) is 0 Å². The molecule has 0 spiro atoms. The van der Waals surface area contributed by atoms with Crippen molar-refractivity contribution in [3.05, 3.63) is 91.0 Å². The lowest BCUT2D eigenvalue weighted by Crippen LogP contribution is -1.94. The Morgan fingerprint density at radius 2 is 1.38 bits per heavy atom. The van der Waals surface area contributed by atoms with Crippen molar-refractivity contribution in [1.82, 2.24) is 0 Å². The Morgan fingerprint density at radius 1 is 0.714 bits per heavy atom. The molecule has 0 bridgehead atoms. The summed E-state index contributed by atoms with van der Waals surface area (Å²) >= 11 is 0. The van der Waals surface area contributed by atoms with E-state index in [1.54, 1.807) is 0 Å². The highest BCUT2D eigenvalue weighted by Gasteiger charge is 2.07. The molecule has 21 heavy (non-hydrogen) atoms. The number of hydrogen-bond acceptors (Lipinski definition) is 1. The van der Waals surface area contributed by atoms with Crippen LogP contribution in [0.15, 0.2) is 85.4 Å². The molecule has 0 amide bonds. The molecule has 0 aliphatic heterocycles. The number of anilines is 2. The molecule has 1 heteroatoms. The van der Waals surface area contributed by atoms with E-state index in [0.29, 0.717) is 0 Å². The van der Waals surface area contributed by atoms with Gasteiger partial charge in [0.25, 0.3) is 0 Å². The van der Waals surface area contributed by atoms with Gasteiger partial charge in [0.2, 0.25) is 0 Å². The third-order valence-corrected chi connectivity index (χ3v) is 3.45. The van der Waals surface area contributed by atoms with E-state index in [4.69, 9.17) is 0 Å². The molecule has 0 aromatic heterocycles. The fourth-order valence-electron chi connectivity index (χ4n) is 2.44. The Labute approximate surface area is 125 Å². The molecular weight excluding hydrogens is 254 g/mol. The van der Waals surface area contributed by atoms with Crippen LogP contribution in [-0.2, 0) is 0 Å². The SMILES string of the molecule is C=Cc1c(Nc2ccccc2)cccc1-c1ccccc1. The molecule has 3 aromatic carbocycles. The monoisotopic (exact) mass is 271 g/mol. The smallest absolute Gasteiger partial charge is 0.0463 e. The summed E-state index contributed by atoms with van der Waals surface area (Å²) < 4.78 is 0. The average Bonchev–Trinajstić information content (AvgIpc) is 2.56. The quantitative estimate of drug-likeness (QED) is 0.638. The van der Waals surface area contributed by atoms with E-state index in [1.807, 2.05) is 30.3 Å². The molecule has 0 unspecified atom stereocenters. The summed E-state index contributed by atoms with van der Waals surface area (Å²) in [6.45, 7) is 3.98. The van der Waals surface area contributed by atoms with E-state index in [9.17, 15) is 0 Å². The molecule has 0 saturated heterocycles. The minimum atomic E-state index is 1.07. The zero-order chi connectivity index (χ0) is 14.5. The van der Waals surface area contributed by atoms with Gasteiger partial charge in [0.05, 0.1) is 0 Å². The Hall–Kier alpha value is -2.80. The molecule has 0 aliphatic rings. The van der Waals surface area contributed by atoms with Gasteiger partial charge in [-0.05, 0) is 29.3 Å². The van der Waals surface area contributed by atoms with Crippen LogP contribution in [0.5, 0.6) is 0 Å². The number of para-hydroxylation sites is 1. The zero-order valence-corrected chi connectivity index (χ0v) is 11.8. The van der Waals surface area contributed by atoms with Crippen LogP contribution in [0, 0.1) is 0 Å². The van der Waals surface area contributed by atoms with Crippen LogP contribution in [0.3, 0.4) is 0 Å². The van der Waals surface area contributed by atoms with E-state index in [0.717, 1.165) is 16.9 Å². The summed E-state index contributed by atoms with van der Waals surface area (Å²) in [5.74, 6) is 0. The summed E-state index contributed by atoms with van der Waals surface area (Å²) in [6, 6.07) is 26.8.